The molecule has 0 aliphatic rings. The number of aromatic amines is 1. The van der Waals surface area contributed by atoms with Crippen LogP contribution in [0.5, 0.6) is 0 Å². The molecule has 0 fully saturated rings. The molecule has 27 nitrogen and oxygen atoms in total. The van der Waals surface area contributed by atoms with E-state index in [1.165, 1.54) is 12.5 Å². The number of guanidine groups is 2. The number of carbonyl (C=O) groups is 8. The number of carboxylic acid groups (broad SMARTS) is 2. The highest BCUT2D eigenvalue weighted by molar-refractivity contribution is 5.97. The number of aromatic nitrogens is 2. The summed E-state index contributed by atoms with van der Waals surface area (Å²) < 4.78 is 0. The molecule has 348 valence electrons. The maximum Gasteiger partial charge on any atom is 0.328 e. The highest BCUT2D eigenvalue weighted by Gasteiger charge is 2.35. The van der Waals surface area contributed by atoms with Gasteiger partial charge in [0.25, 0.3) is 0 Å². The Morgan fingerprint density at radius 2 is 1.15 bits per heavy atom. The lowest BCUT2D eigenvalue weighted by atomic mass is 10.0. The number of aliphatic hydroxyl groups is 2. The molecule has 1 rings (SSSR count). The maximum atomic E-state index is 14.0. The number of aliphatic imine (C=N–C) groups is 2. The number of aliphatic hydroxyl groups excluding tert-OH is 2. The molecular weight excluding hydrogens is 822 g/mol. The van der Waals surface area contributed by atoms with E-state index in [4.69, 9.17) is 33.8 Å². The van der Waals surface area contributed by atoms with Crippen molar-refractivity contribution in [2.24, 2.45) is 44.6 Å². The minimum absolute atomic E-state index is 0.00218. The van der Waals surface area contributed by atoms with E-state index >= 15 is 0 Å². The first kappa shape index (κ1) is 53.4. The molecule has 0 saturated carbocycles. The normalized spacial score (nSPS) is 14.8. The van der Waals surface area contributed by atoms with Gasteiger partial charge in [-0.05, 0) is 44.9 Å². The summed E-state index contributed by atoms with van der Waals surface area (Å²) in [5.74, 6) is -9.49. The summed E-state index contributed by atoms with van der Waals surface area (Å²) in [5, 5.41) is 52.9. The Morgan fingerprint density at radius 1 is 0.694 bits per heavy atom. The average molecular weight is 884 g/mol. The Morgan fingerprint density at radius 3 is 1.60 bits per heavy atom. The second kappa shape index (κ2) is 27.3. The molecule has 8 atom stereocenters. The minimum atomic E-state index is -1.73. The first-order valence-electron chi connectivity index (χ1n) is 19.4. The highest BCUT2D eigenvalue weighted by Crippen LogP contribution is 2.10. The van der Waals surface area contributed by atoms with Gasteiger partial charge in [0.05, 0.1) is 31.5 Å². The van der Waals surface area contributed by atoms with E-state index in [1.807, 2.05) is 0 Å². The minimum Gasteiger partial charge on any atom is -0.481 e. The number of imidazole rings is 1. The Balaban J connectivity index is 3.38. The van der Waals surface area contributed by atoms with E-state index in [-0.39, 0.29) is 69.5 Å². The number of nitrogens with zero attached hydrogens (tertiary/aromatic N) is 3. The molecule has 1 heterocycles. The van der Waals surface area contributed by atoms with Crippen LogP contribution in [-0.2, 0) is 44.8 Å². The number of hydrogen-bond donors (Lipinski definition) is 16. The van der Waals surface area contributed by atoms with Crippen molar-refractivity contribution < 1.29 is 58.8 Å². The summed E-state index contributed by atoms with van der Waals surface area (Å²) in [6.45, 7) is 3.67. The van der Waals surface area contributed by atoms with E-state index in [0.717, 1.165) is 6.92 Å². The molecule has 1 aromatic rings. The fourth-order valence-corrected chi connectivity index (χ4v) is 5.56. The fraction of sp³-hybridized carbons (Fsp3) is 0.629. The summed E-state index contributed by atoms with van der Waals surface area (Å²) in [6, 6.07) is -10.7. The number of amides is 6. The molecular formula is C35H61N15O12. The maximum absolute atomic E-state index is 14.0. The van der Waals surface area contributed by atoms with Crippen LogP contribution in [0.3, 0.4) is 0 Å². The molecule has 1 aromatic heterocycles. The molecule has 0 spiro atoms. The molecule has 21 N–H and O–H groups in total. The van der Waals surface area contributed by atoms with Gasteiger partial charge in [-0.1, -0.05) is 13.8 Å². The number of nitrogens with two attached hydrogens (primary N) is 5. The van der Waals surface area contributed by atoms with Crippen molar-refractivity contribution in [3.05, 3.63) is 18.2 Å². The van der Waals surface area contributed by atoms with Crippen molar-refractivity contribution in [3.63, 3.8) is 0 Å². The number of aliphatic carboxylic acids is 2. The van der Waals surface area contributed by atoms with Gasteiger partial charge in [-0.15, -0.1) is 0 Å². The van der Waals surface area contributed by atoms with Crippen molar-refractivity contribution in [1.82, 2.24) is 41.9 Å². The Hall–Kier alpha value is -6.61. The van der Waals surface area contributed by atoms with Crippen molar-refractivity contribution in [3.8, 4) is 0 Å². The first-order valence-corrected chi connectivity index (χ1v) is 19.4. The second-order valence-electron chi connectivity index (χ2n) is 14.6. The van der Waals surface area contributed by atoms with Crippen molar-refractivity contribution in [2.45, 2.75) is 114 Å². The van der Waals surface area contributed by atoms with E-state index in [1.54, 1.807) is 13.8 Å². The predicted octanol–water partition coefficient (Wildman–Crippen LogP) is -6.73. The lowest BCUT2D eigenvalue weighted by Crippen LogP contribution is -2.61. The van der Waals surface area contributed by atoms with Gasteiger partial charge in [0, 0.05) is 31.4 Å². The predicted molar refractivity (Wildman–Crippen MR) is 220 cm³/mol. The largest absolute Gasteiger partial charge is 0.481 e. The molecule has 0 aliphatic heterocycles. The lowest BCUT2D eigenvalue weighted by Gasteiger charge is -2.28. The van der Waals surface area contributed by atoms with Crippen LogP contribution in [-0.4, -0.2) is 158 Å². The van der Waals surface area contributed by atoms with Gasteiger partial charge in [0.15, 0.2) is 18.0 Å². The number of hydrogen-bond acceptors (Lipinski definition) is 14. The summed E-state index contributed by atoms with van der Waals surface area (Å²) in [5.41, 5.74) is 27.4. The van der Waals surface area contributed by atoms with Gasteiger partial charge in [0.1, 0.15) is 30.2 Å². The molecule has 0 unspecified atom stereocenters. The zero-order chi connectivity index (χ0) is 47.1. The highest BCUT2D eigenvalue weighted by atomic mass is 16.4. The van der Waals surface area contributed by atoms with Crippen LogP contribution in [0.25, 0.3) is 0 Å². The zero-order valence-electron chi connectivity index (χ0n) is 34.7. The molecule has 27 heteroatoms. The Kier molecular flexibility index (Phi) is 23.5. The SMILES string of the molecule is CC(C)C[C@H](NC(=O)[C@H](Cc1cnc[nH]1)NC(=O)[C@H](CO)NC(=O)[C@H](CCCN=C(N)N)NC(=O)[C@@H](N)CC(=O)O)C(=O)N[C@@H](CCCN=C(N)N)C(=O)N[C@H](C(=O)O)[C@@H](C)O. The monoisotopic (exact) mass is 883 g/mol. The summed E-state index contributed by atoms with van der Waals surface area (Å²) in [4.78, 5) is 118. The third-order valence-electron chi connectivity index (χ3n) is 8.70. The van der Waals surface area contributed by atoms with Gasteiger partial charge in [0.2, 0.25) is 35.4 Å². The number of carboxylic acids is 2. The third-order valence-corrected chi connectivity index (χ3v) is 8.70. The summed E-state index contributed by atoms with van der Waals surface area (Å²) >= 11 is 0. The number of rotatable bonds is 29. The van der Waals surface area contributed by atoms with Gasteiger partial charge < -0.3 is 86.0 Å². The quantitative estimate of drug-likeness (QED) is 0.0202. The standard InChI is InChI=1S/C35H61N15O12/c1-16(2)10-22(30(58)46-21(7-5-9-43-35(39)40)29(57)50-26(17(3)52)33(61)62)47-31(59)23(11-18-13-41-15-44-18)48-32(60)24(14-51)49-28(56)20(6-4-8-42-34(37)38)45-27(55)19(36)12-25(53)54/h13,15-17,19-24,26,51-52H,4-12,14,36H2,1-3H3,(H,41,44)(H,45,55)(H,46,58)(H,47,59)(H,48,60)(H,49,56)(H,50,57)(H,53,54)(H,61,62)(H4,37,38,42)(H4,39,40,43)/t17-,19+,20+,21+,22+,23+,24+,26+/m1/s1. The van der Waals surface area contributed by atoms with Gasteiger partial charge in [-0.2, -0.15) is 0 Å². The smallest absolute Gasteiger partial charge is 0.328 e. The topological polar surface area (TPSA) is 473 Å². The van der Waals surface area contributed by atoms with Crippen molar-refractivity contribution in [2.75, 3.05) is 19.7 Å². The van der Waals surface area contributed by atoms with E-state index in [0.29, 0.717) is 5.69 Å². The van der Waals surface area contributed by atoms with Crippen LogP contribution < -0.4 is 60.6 Å². The van der Waals surface area contributed by atoms with Crippen LogP contribution in [0.1, 0.15) is 65.0 Å². The number of H-pyrrole nitrogens is 1. The van der Waals surface area contributed by atoms with E-state index < -0.39 is 109 Å². The summed E-state index contributed by atoms with van der Waals surface area (Å²) in [6.07, 6.45) is 0.138. The molecule has 0 radical (unpaired) electrons. The van der Waals surface area contributed by atoms with Crippen molar-refractivity contribution in [1.29, 1.82) is 0 Å². The number of carbonyl (C=O) groups excluding carboxylic acids is 6. The van der Waals surface area contributed by atoms with Crippen LogP contribution >= 0.6 is 0 Å². The Bertz CT molecular complexity index is 1720. The molecule has 0 aromatic carbocycles. The summed E-state index contributed by atoms with van der Waals surface area (Å²) in [7, 11) is 0. The first-order chi connectivity index (χ1) is 29.0. The van der Waals surface area contributed by atoms with E-state index in [2.05, 4.69) is 51.9 Å². The van der Waals surface area contributed by atoms with Crippen molar-refractivity contribution >= 4 is 59.3 Å². The van der Waals surface area contributed by atoms with Crippen LogP contribution in [0, 0.1) is 5.92 Å². The lowest BCUT2D eigenvalue weighted by molar-refractivity contribution is -0.145. The fourth-order valence-electron chi connectivity index (χ4n) is 5.56. The Labute approximate surface area is 356 Å². The van der Waals surface area contributed by atoms with Gasteiger partial charge in [-0.25, -0.2) is 9.78 Å². The molecule has 6 amide bonds. The molecule has 0 saturated heterocycles. The molecule has 62 heavy (non-hydrogen) atoms. The number of nitrogens with one attached hydrogen (secondary N) is 7. The second-order valence-corrected chi connectivity index (χ2v) is 14.6. The van der Waals surface area contributed by atoms with Crippen LogP contribution in [0.2, 0.25) is 0 Å². The molecule has 0 bridgehead atoms. The van der Waals surface area contributed by atoms with Crippen LogP contribution in [0.4, 0.5) is 0 Å². The van der Waals surface area contributed by atoms with Gasteiger partial charge >= 0.3 is 11.9 Å². The van der Waals surface area contributed by atoms with Gasteiger partial charge in [-0.3, -0.25) is 43.5 Å². The molecule has 0 aliphatic carbocycles. The third kappa shape index (κ3) is 20.6. The van der Waals surface area contributed by atoms with E-state index in [9.17, 15) is 53.7 Å². The van der Waals surface area contributed by atoms with Crippen LogP contribution in [0.15, 0.2) is 22.5 Å². The average Bonchev–Trinajstić information content (AvgIpc) is 3.69. The zero-order valence-corrected chi connectivity index (χ0v) is 34.7.